The Labute approximate surface area is 163 Å². The number of benzene rings is 2. The monoisotopic (exact) mass is 385 g/mol. The number of halogens is 1. The maximum atomic E-state index is 11.9. The molecule has 3 nitrogen and oxygen atoms in total. The van der Waals surface area contributed by atoms with Gasteiger partial charge in [0, 0.05) is 15.7 Å². The van der Waals surface area contributed by atoms with E-state index < -0.39 is 5.97 Å². The molecule has 26 heavy (non-hydrogen) atoms. The van der Waals surface area contributed by atoms with Crippen molar-refractivity contribution in [3.63, 3.8) is 0 Å². The third-order valence-electron chi connectivity index (χ3n) is 3.82. The zero-order valence-corrected chi connectivity index (χ0v) is 16.6. The first-order chi connectivity index (χ1) is 12.4. The number of hydrogen-bond acceptors (Lipinski definition) is 4. The predicted molar refractivity (Wildman–Crippen MR) is 107 cm³/mol. The molecule has 0 amide bonds. The Balaban J connectivity index is 2.28. The number of rotatable bonds is 6. The topological polar surface area (TPSA) is 50.1 Å². The number of carbonyl (C=O) groups excluding carboxylic acids is 1. The van der Waals surface area contributed by atoms with Gasteiger partial charge in [-0.25, -0.2) is 4.79 Å². The van der Waals surface area contributed by atoms with Gasteiger partial charge in [-0.05, 0) is 67.8 Å². The van der Waals surface area contributed by atoms with Gasteiger partial charge in [0.1, 0.15) is 11.6 Å². The Morgan fingerprint density at radius 2 is 1.96 bits per heavy atom. The lowest BCUT2D eigenvalue weighted by Crippen LogP contribution is -2.06. The van der Waals surface area contributed by atoms with Crippen molar-refractivity contribution in [3.05, 3.63) is 69.2 Å². The van der Waals surface area contributed by atoms with Crippen molar-refractivity contribution in [2.45, 2.75) is 31.4 Å². The molecule has 0 heterocycles. The third-order valence-corrected chi connectivity index (χ3v) is 5.14. The van der Waals surface area contributed by atoms with E-state index in [9.17, 15) is 10.1 Å². The van der Waals surface area contributed by atoms with Crippen LogP contribution in [0.1, 0.15) is 29.2 Å². The Kier molecular flexibility index (Phi) is 7.32. The Hall–Kier alpha value is -2.22. The van der Waals surface area contributed by atoms with Crippen molar-refractivity contribution in [1.82, 2.24) is 0 Å². The molecule has 0 spiro atoms. The van der Waals surface area contributed by atoms with E-state index >= 15 is 0 Å². The molecule has 2 aromatic rings. The van der Waals surface area contributed by atoms with E-state index in [4.69, 9.17) is 16.3 Å². The molecule has 0 saturated heterocycles. The number of aryl methyl sites for hydroxylation is 1. The van der Waals surface area contributed by atoms with Crippen LogP contribution in [0.2, 0.25) is 5.02 Å². The van der Waals surface area contributed by atoms with Crippen LogP contribution in [-0.4, -0.2) is 12.6 Å². The maximum absolute atomic E-state index is 11.9. The number of nitriles is 1. The molecule has 2 aromatic carbocycles. The highest BCUT2D eigenvalue weighted by Crippen LogP contribution is 2.28. The van der Waals surface area contributed by atoms with E-state index in [-0.39, 0.29) is 12.2 Å². The van der Waals surface area contributed by atoms with Gasteiger partial charge in [-0.15, -0.1) is 11.8 Å². The molecular formula is C21H20ClNO2S. The van der Waals surface area contributed by atoms with Crippen LogP contribution in [0.4, 0.5) is 0 Å². The first kappa shape index (κ1) is 20.1. The standard InChI is InChI=1S/C21H20ClNO2S/c1-4-25-21(24)17(12-23)11-16-9-14(2)10-18(15(16)3)13-26-20-7-5-19(22)6-8-20/h5-11H,4,13H2,1-3H3/b17-11+. The van der Waals surface area contributed by atoms with Gasteiger partial charge in [-0.3, -0.25) is 0 Å². The van der Waals surface area contributed by atoms with Crippen molar-refractivity contribution in [2.24, 2.45) is 0 Å². The van der Waals surface area contributed by atoms with Crippen molar-refractivity contribution < 1.29 is 9.53 Å². The molecule has 2 rings (SSSR count). The number of nitrogens with zero attached hydrogens (tertiary/aromatic N) is 1. The molecule has 0 fully saturated rings. The number of hydrogen-bond donors (Lipinski definition) is 0. The highest BCUT2D eigenvalue weighted by molar-refractivity contribution is 7.98. The van der Waals surface area contributed by atoms with Crippen molar-refractivity contribution >= 4 is 35.4 Å². The lowest BCUT2D eigenvalue weighted by molar-refractivity contribution is -0.137. The molecule has 5 heteroatoms. The third kappa shape index (κ3) is 5.39. The molecule has 0 unspecified atom stereocenters. The average Bonchev–Trinajstić information content (AvgIpc) is 2.62. The van der Waals surface area contributed by atoms with Crippen molar-refractivity contribution in [1.29, 1.82) is 5.26 Å². The fourth-order valence-corrected chi connectivity index (χ4v) is 3.53. The largest absolute Gasteiger partial charge is 0.462 e. The Bertz CT molecular complexity index is 867. The molecule has 134 valence electrons. The minimum atomic E-state index is -0.590. The summed E-state index contributed by atoms with van der Waals surface area (Å²) in [5.74, 6) is 0.199. The Morgan fingerprint density at radius 3 is 2.58 bits per heavy atom. The van der Waals surface area contributed by atoms with E-state index in [2.05, 4.69) is 6.07 Å². The first-order valence-corrected chi connectivity index (χ1v) is 9.58. The molecule has 0 aliphatic carbocycles. The van der Waals surface area contributed by atoms with Gasteiger partial charge in [0.2, 0.25) is 0 Å². The van der Waals surface area contributed by atoms with Gasteiger partial charge in [-0.2, -0.15) is 5.26 Å². The summed E-state index contributed by atoms with van der Waals surface area (Å²) in [7, 11) is 0. The maximum Gasteiger partial charge on any atom is 0.348 e. The second-order valence-corrected chi connectivity index (χ2v) is 7.26. The van der Waals surface area contributed by atoms with E-state index in [0.29, 0.717) is 0 Å². The fourth-order valence-electron chi connectivity index (χ4n) is 2.46. The molecule has 0 N–H and O–H groups in total. The minimum absolute atomic E-state index is 0.0110. The van der Waals surface area contributed by atoms with Gasteiger partial charge in [-0.1, -0.05) is 29.3 Å². The van der Waals surface area contributed by atoms with Crippen LogP contribution in [0.15, 0.2) is 46.9 Å². The smallest absolute Gasteiger partial charge is 0.348 e. The summed E-state index contributed by atoms with van der Waals surface area (Å²) in [6.45, 7) is 5.97. The predicted octanol–water partition coefficient (Wildman–Crippen LogP) is 5.72. The van der Waals surface area contributed by atoms with Crippen LogP contribution in [0, 0.1) is 25.2 Å². The van der Waals surface area contributed by atoms with Crippen LogP contribution >= 0.6 is 23.4 Å². The molecule has 0 radical (unpaired) electrons. The second-order valence-electron chi connectivity index (χ2n) is 5.77. The van der Waals surface area contributed by atoms with Crippen LogP contribution in [0.5, 0.6) is 0 Å². The zero-order valence-electron chi connectivity index (χ0n) is 15.0. The summed E-state index contributed by atoms with van der Waals surface area (Å²) in [6.07, 6.45) is 1.61. The summed E-state index contributed by atoms with van der Waals surface area (Å²) in [4.78, 5) is 13.0. The second kappa shape index (κ2) is 9.47. The van der Waals surface area contributed by atoms with E-state index in [1.807, 2.05) is 50.2 Å². The van der Waals surface area contributed by atoms with Crippen molar-refractivity contribution in [3.8, 4) is 6.07 Å². The molecule has 0 aliphatic heterocycles. The van der Waals surface area contributed by atoms with Crippen LogP contribution in [-0.2, 0) is 15.3 Å². The van der Waals surface area contributed by atoms with Crippen molar-refractivity contribution in [2.75, 3.05) is 6.61 Å². The molecule has 0 aliphatic rings. The van der Waals surface area contributed by atoms with Crippen LogP contribution in [0.3, 0.4) is 0 Å². The van der Waals surface area contributed by atoms with Gasteiger partial charge >= 0.3 is 5.97 Å². The summed E-state index contributed by atoms with van der Waals surface area (Å²) in [5.41, 5.74) is 4.17. The lowest BCUT2D eigenvalue weighted by atomic mass is 9.98. The molecule has 0 atom stereocenters. The van der Waals surface area contributed by atoms with Gasteiger partial charge in [0.15, 0.2) is 0 Å². The highest BCUT2D eigenvalue weighted by atomic mass is 35.5. The summed E-state index contributed by atoms with van der Waals surface area (Å²) in [5, 5.41) is 9.97. The van der Waals surface area contributed by atoms with Crippen LogP contribution in [0.25, 0.3) is 6.08 Å². The summed E-state index contributed by atoms with van der Waals surface area (Å²) >= 11 is 7.64. The Morgan fingerprint density at radius 1 is 1.27 bits per heavy atom. The van der Waals surface area contributed by atoms with E-state index in [1.54, 1.807) is 24.8 Å². The number of ether oxygens (including phenoxy) is 1. The SMILES string of the molecule is CCOC(=O)/C(C#N)=C/c1cc(C)cc(CSc2ccc(Cl)cc2)c1C. The quantitative estimate of drug-likeness (QED) is 0.276. The van der Waals surface area contributed by atoms with Crippen LogP contribution < -0.4 is 0 Å². The van der Waals surface area contributed by atoms with Gasteiger partial charge in [0.25, 0.3) is 0 Å². The number of carbonyl (C=O) groups is 1. The van der Waals surface area contributed by atoms with Gasteiger partial charge in [0.05, 0.1) is 6.61 Å². The fraction of sp³-hybridized carbons (Fsp3) is 0.238. The number of thioether (sulfide) groups is 1. The minimum Gasteiger partial charge on any atom is -0.462 e. The normalized spacial score (nSPS) is 11.1. The lowest BCUT2D eigenvalue weighted by Gasteiger charge is -2.11. The molecule has 0 aromatic heterocycles. The van der Waals surface area contributed by atoms with E-state index in [1.165, 1.54) is 0 Å². The average molecular weight is 386 g/mol. The first-order valence-electron chi connectivity index (χ1n) is 8.22. The molecule has 0 bridgehead atoms. The summed E-state index contributed by atoms with van der Waals surface area (Å²) in [6, 6.07) is 13.8. The van der Waals surface area contributed by atoms with E-state index in [0.717, 1.165) is 37.9 Å². The highest BCUT2D eigenvalue weighted by Gasteiger charge is 2.12. The molecule has 0 saturated carbocycles. The van der Waals surface area contributed by atoms with Gasteiger partial charge < -0.3 is 4.74 Å². The summed E-state index contributed by atoms with van der Waals surface area (Å²) < 4.78 is 4.94. The number of esters is 1. The zero-order chi connectivity index (χ0) is 19.1. The molecular weight excluding hydrogens is 366 g/mol.